The molecule has 1 N–H and O–H groups in total. The lowest BCUT2D eigenvalue weighted by Crippen LogP contribution is -2.25. The monoisotopic (exact) mass is 487 g/mol. The van der Waals surface area contributed by atoms with Crippen LogP contribution in [0.5, 0.6) is 23.0 Å². The molecule has 0 radical (unpaired) electrons. The summed E-state index contributed by atoms with van der Waals surface area (Å²) >= 11 is 0. The molecule has 2 aliphatic carbocycles. The summed E-state index contributed by atoms with van der Waals surface area (Å²) in [5.41, 5.74) is 9.90. The van der Waals surface area contributed by atoms with Gasteiger partial charge in [-0.3, -0.25) is 0 Å². The molecule has 1 aliphatic heterocycles. The first-order valence-corrected chi connectivity index (χ1v) is 12.6. The molecule has 8 rings (SSSR count). The van der Waals surface area contributed by atoms with Gasteiger partial charge < -0.3 is 14.8 Å². The molecule has 178 valence electrons. The van der Waals surface area contributed by atoms with Gasteiger partial charge in [-0.2, -0.15) is 0 Å². The van der Waals surface area contributed by atoms with E-state index in [9.17, 15) is 0 Å². The molecule has 0 saturated heterocycles. The number of fused-ring (bicyclic) bond motifs is 13. The highest BCUT2D eigenvalue weighted by Crippen LogP contribution is 2.66. The number of nitrogens with one attached hydrogen (secondary N) is 1. The number of hydrogen-bond acceptors (Lipinski definition) is 3. The Morgan fingerprint density at radius 3 is 2.39 bits per heavy atom. The second kappa shape index (κ2) is 7.65. The van der Waals surface area contributed by atoms with Gasteiger partial charge in [0, 0.05) is 29.1 Å². The van der Waals surface area contributed by atoms with Crippen molar-refractivity contribution < 1.29 is 9.47 Å². The van der Waals surface area contributed by atoms with Gasteiger partial charge in [-0.15, -0.1) is 0 Å². The summed E-state index contributed by atoms with van der Waals surface area (Å²) < 4.78 is 13.1. The quantitative estimate of drug-likeness (QED) is 0.253. The van der Waals surface area contributed by atoms with Crippen molar-refractivity contribution in [2.45, 2.75) is 5.41 Å². The number of hydrogen-bond donors (Lipinski definition) is 1. The first-order chi connectivity index (χ1) is 18.8. The molecule has 1 heterocycles. The van der Waals surface area contributed by atoms with Gasteiger partial charge in [0.2, 0.25) is 0 Å². The van der Waals surface area contributed by atoms with Gasteiger partial charge in [0.25, 0.3) is 0 Å². The van der Waals surface area contributed by atoms with E-state index in [1.165, 1.54) is 27.8 Å². The van der Waals surface area contributed by atoms with E-state index in [0.717, 1.165) is 33.9 Å². The van der Waals surface area contributed by atoms with E-state index in [4.69, 9.17) is 9.47 Å². The maximum Gasteiger partial charge on any atom is 0.178 e. The molecule has 0 aromatic heterocycles. The summed E-state index contributed by atoms with van der Waals surface area (Å²) in [7, 11) is 0. The summed E-state index contributed by atoms with van der Waals surface area (Å²) in [6.45, 7) is 3.72. The van der Waals surface area contributed by atoms with Crippen LogP contribution in [0.2, 0.25) is 0 Å². The second-order valence-corrected chi connectivity index (χ2v) is 9.65. The molecule has 38 heavy (non-hydrogen) atoms. The lowest BCUT2D eigenvalue weighted by Gasteiger charge is -2.30. The Balaban J connectivity index is 1.38. The van der Waals surface area contributed by atoms with Crippen LogP contribution in [0.1, 0.15) is 22.3 Å². The Hall–Kier alpha value is -5.20. The van der Waals surface area contributed by atoms with E-state index < -0.39 is 5.41 Å². The second-order valence-electron chi connectivity index (χ2n) is 9.65. The van der Waals surface area contributed by atoms with E-state index in [2.05, 4.69) is 84.7 Å². The van der Waals surface area contributed by atoms with Crippen LogP contribution in [-0.2, 0) is 5.41 Å². The van der Waals surface area contributed by atoms with Crippen molar-refractivity contribution in [3.8, 4) is 45.3 Å². The zero-order valence-corrected chi connectivity index (χ0v) is 20.4. The van der Waals surface area contributed by atoms with E-state index in [1.54, 1.807) is 6.08 Å². The third-order valence-corrected chi connectivity index (χ3v) is 7.79. The minimum atomic E-state index is -0.457. The Bertz CT molecular complexity index is 1790. The summed E-state index contributed by atoms with van der Waals surface area (Å²) in [6, 6.07) is 38.2. The van der Waals surface area contributed by atoms with Crippen LogP contribution < -0.4 is 14.8 Å². The van der Waals surface area contributed by atoms with Crippen LogP contribution >= 0.6 is 0 Å². The molecule has 5 aromatic carbocycles. The molecule has 0 bridgehead atoms. The van der Waals surface area contributed by atoms with Crippen molar-refractivity contribution in [2.75, 3.05) is 5.32 Å². The zero-order chi connectivity index (χ0) is 25.3. The van der Waals surface area contributed by atoms with Crippen molar-refractivity contribution in [1.82, 2.24) is 0 Å². The predicted octanol–water partition coefficient (Wildman–Crippen LogP) is 8.64. The molecule has 1 spiro atoms. The predicted molar refractivity (Wildman–Crippen MR) is 150 cm³/mol. The highest BCUT2D eigenvalue weighted by molar-refractivity contribution is 5.97. The summed E-state index contributed by atoms with van der Waals surface area (Å²) in [5, 5.41) is 3.26. The van der Waals surface area contributed by atoms with Crippen molar-refractivity contribution >= 4 is 5.69 Å². The minimum absolute atomic E-state index is 0.457. The lowest BCUT2D eigenvalue weighted by molar-refractivity contribution is 0.360. The van der Waals surface area contributed by atoms with Crippen molar-refractivity contribution in [3.05, 3.63) is 150 Å². The number of rotatable bonds is 3. The van der Waals surface area contributed by atoms with E-state index in [0.29, 0.717) is 11.5 Å². The van der Waals surface area contributed by atoms with E-state index in [1.807, 2.05) is 42.6 Å². The van der Waals surface area contributed by atoms with Crippen LogP contribution in [0.4, 0.5) is 5.69 Å². The molecule has 3 aliphatic rings. The van der Waals surface area contributed by atoms with Gasteiger partial charge in [0.05, 0.1) is 5.41 Å². The van der Waals surface area contributed by atoms with Crippen molar-refractivity contribution in [1.29, 1.82) is 0 Å². The van der Waals surface area contributed by atoms with Crippen LogP contribution in [-0.4, -0.2) is 0 Å². The van der Waals surface area contributed by atoms with Gasteiger partial charge >= 0.3 is 0 Å². The normalized spacial score (nSPS) is 14.2. The Kier molecular flexibility index (Phi) is 4.21. The standard InChI is InChI=1S/C35H21NO2/c1-2-3-20-36-22-16-18-30-32(21-22)38-34-31(37-30)19-17-29-33(34)25-12-6-9-15-28(25)35(29)26-13-7-4-10-23(26)24-11-5-8-14-27(24)35/h2-4,6-10,12-21,36H,1H2/b20-3+. The summed E-state index contributed by atoms with van der Waals surface area (Å²) in [6.07, 6.45) is 5.42. The van der Waals surface area contributed by atoms with Crippen LogP contribution in [0, 0.1) is 12.1 Å². The molecule has 1 unspecified atom stereocenters. The topological polar surface area (TPSA) is 30.5 Å². The molecule has 3 heteroatoms. The molecule has 0 amide bonds. The smallest absolute Gasteiger partial charge is 0.178 e. The fourth-order valence-corrected chi connectivity index (χ4v) is 6.37. The number of benzene rings is 4. The minimum Gasteiger partial charge on any atom is -0.449 e. The average Bonchev–Trinajstić information content (AvgIpc) is 3.44. The van der Waals surface area contributed by atoms with Gasteiger partial charge in [-0.25, -0.2) is 0 Å². The fourth-order valence-electron chi connectivity index (χ4n) is 6.37. The van der Waals surface area contributed by atoms with E-state index in [-0.39, 0.29) is 0 Å². The summed E-state index contributed by atoms with van der Waals surface area (Å²) in [4.78, 5) is 0. The Morgan fingerprint density at radius 1 is 0.737 bits per heavy atom. The number of allylic oxidation sites excluding steroid dienone is 2. The van der Waals surface area contributed by atoms with Crippen LogP contribution in [0.3, 0.4) is 0 Å². The first kappa shape index (κ1) is 20.9. The maximum atomic E-state index is 6.68. The molecular weight excluding hydrogens is 466 g/mol. The maximum absolute atomic E-state index is 6.68. The van der Waals surface area contributed by atoms with Crippen LogP contribution in [0.15, 0.2) is 116 Å². The van der Waals surface area contributed by atoms with Gasteiger partial charge in [-0.05, 0) is 69.8 Å². The SMILES string of the molecule is C=C/C=C/Nc1ccc2c(c1)Oc1c(ccc3c1-c1ccccc1C31c3ccc#cc3-c3ccccc31)O2. The number of anilines is 1. The molecular formula is C35H21NO2. The molecule has 5 aromatic rings. The largest absolute Gasteiger partial charge is 0.449 e. The van der Waals surface area contributed by atoms with E-state index >= 15 is 0 Å². The molecule has 3 nitrogen and oxygen atoms in total. The van der Waals surface area contributed by atoms with Gasteiger partial charge in [-0.1, -0.05) is 79.4 Å². The third kappa shape index (κ3) is 2.59. The van der Waals surface area contributed by atoms with Crippen molar-refractivity contribution in [3.63, 3.8) is 0 Å². The van der Waals surface area contributed by atoms with Crippen LogP contribution in [0.25, 0.3) is 22.3 Å². The van der Waals surface area contributed by atoms with Crippen molar-refractivity contribution in [2.24, 2.45) is 0 Å². The molecule has 0 saturated carbocycles. The lowest BCUT2D eigenvalue weighted by atomic mass is 9.70. The fraction of sp³-hybridized carbons (Fsp3) is 0.0286. The Morgan fingerprint density at radius 2 is 1.53 bits per heavy atom. The third-order valence-electron chi connectivity index (χ3n) is 7.79. The molecule has 1 atom stereocenters. The Labute approximate surface area is 221 Å². The van der Waals surface area contributed by atoms with Gasteiger partial charge in [0.15, 0.2) is 23.0 Å². The zero-order valence-electron chi connectivity index (χ0n) is 20.4. The summed E-state index contributed by atoms with van der Waals surface area (Å²) in [5.74, 6) is 2.83. The number of ether oxygens (including phenoxy) is 2. The van der Waals surface area contributed by atoms with Gasteiger partial charge in [0.1, 0.15) is 0 Å². The first-order valence-electron chi connectivity index (χ1n) is 12.6. The highest BCUT2D eigenvalue weighted by Gasteiger charge is 2.53. The highest BCUT2D eigenvalue weighted by atomic mass is 16.6. The molecule has 0 fully saturated rings. The average molecular weight is 488 g/mol.